The number of nitrogens with one attached hydrogen (secondary N) is 1. The van der Waals surface area contributed by atoms with Gasteiger partial charge in [-0.25, -0.2) is 4.79 Å². The third-order valence-corrected chi connectivity index (χ3v) is 5.87. The number of amides is 1. The first kappa shape index (κ1) is 21.7. The van der Waals surface area contributed by atoms with E-state index in [2.05, 4.69) is 12.2 Å². The van der Waals surface area contributed by atoms with Gasteiger partial charge in [-0.1, -0.05) is 31.9 Å². The van der Waals surface area contributed by atoms with Crippen molar-refractivity contribution in [3.8, 4) is 0 Å². The maximum Gasteiger partial charge on any atom is 0.418 e. The summed E-state index contributed by atoms with van der Waals surface area (Å²) in [6.07, 6.45) is -0.253. The summed E-state index contributed by atoms with van der Waals surface area (Å²) in [6.45, 7) is 3.71. The molecule has 2 aliphatic rings. The van der Waals surface area contributed by atoms with Crippen LogP contribution in [0.4, 0.5) is 23.7 Å². The molecule has 5 nitrogen and oxygen atoms in total. The van der Waals surface area contributed by atoms with Gasteiger partial charge >= 0.3 is 12.3 Å². The zero-order valence-electron chi connectivity index (χ0n) is 16.4. The highest BCUT2D eigenvalue weighted by Crippen LogP contribution is 2.35. The van der Waals surface area contributed by atoms with Crippen LogP contribution < -0.4 is 5.32 Å². The Kier molecular flexibility index (Phi) is 6.87. The Labute approximate surface area is 174 Å². The Morgan fingerprint density at radius 2 is 1.97 bits per heavy atom. The molecule has 0 aliphatic carbocycles. The molecule has 0 saturated carbocycles. The number of ether oxygens (including phenoxy) is 1. The topological polar surface area (TPSA) is 44.8 Å². The molecule has 1 aromatic carbocycles. The molecule has 0 spiro atoms. The van der Waals surface area contributed by atoms with Gasteiger partial charge in [-0.15, -0.1) is 0 Å². The number of anilines is 1. The molecule has 1 atom stereocenters. The number of rotatable bonds is 5. The summed E-state index contributed by atoms with van der Waals surface area (Å²) < 4.78 is 44.8. The van der Waals surface area contributed by atoms with Crippen molar-refractivity contribution in [2.24, 2.45) is 0 Å². The number of para-hydroxylation sites is 1. The summed E-state index contributed by atoms with van der Waals surface area (Å²) in [5.41, 5.74) is -0.786. The monoisotopic (exact) mass is 429 g/mol. The molecule has 0 aromatic heterocycles. The lowest BCUT2D eigenvalue weighted by Gasteiger charge is -2.39. The number of hydrogen-bond donors (Lipinski definition) is 1. The normalized spacial score (nSPS) is 20.7. The van der Waals surface area contributed by atoms with E-state index in [1.807, 2.05) is 9.80 Å². The largest absolute Gasteiger partial charge is 0.447 e. The van der Waals surface area contributed by atoms with Gasteiger partial charge in [-0.3, -0.25) is 4.90 Å². The van der Waals surface area contributed by atoms with Crippen molar-refractivity contribution in [2.75, 3.05) is 25.0 Å². The molecule has 0 bridgehead atoms. The molecule has 1 aromatic rings. The molecular formula is C20H26F3N3O2S. The van der Waals surface area contributed by atoms with Gasteiger partial charge in [0.2, 0.25) is 0 Å². The van der Waals surface area contributed by atoms with Crippen LogP contribution in [0.25, 0.3) is 0 Å². The van der Waals surface area contributed by atoms with Gasteiger partial charge in [0, 0.05) is 19.1 Å². The highest BCUT2D eigenvalue weighted by Gasteiger charge is 2.39. The third-order valence-electron chi connectivity index (χ3n) is 5.51. The van der Waals surface area contributed by atoms with Gasteiger partial charge in [-0.05, 0) is 43.6 Å². The quantitative estimate of drug-likeness (QED) is 0.676. The van der Waals surface area contributed by atoms with Crippen LogP contribution in [0.2, 0.25) is 0 Å². The van der Waals surface area contributed by atoms with Crippen molar-refractivity contribution >= 4 is 29.1 Å². The zero-order chi connectivity index (χ0) is 21.0. The summed E-state index contributed by atoms with van der Waals surface area (Å²) in [4.78, 5) is 15.9. The van der Waals surface area contributed by atoms with Crippen LogP contribution in [0.1, 0.15) is 44.6 Å². The molecule has 1 N–H and O–H groups in total. The Hall–Kier alpha value is -2.03. The predicted octanol–water partition coefficient (Wildman–Crippen LogP) is 4.88. The van der Waals surface area contributed by atoms with E-state index in [-0.39, 0.29) is 29.0 Å². The Morgan fingerprint density at radius 1 is 1.28 bits per heavy atom. The minimum Gasteiger partial charge on any atom is -0.447 e. The Balaban J connectivity index is 1.58. The number of cyclic esters (lactones) is 1. The zero-order valence-corrected chi connectivity index (χ0v) is 17.2. The average molecular weight is 430 g/mol. The number of benzene rings is 1. The smallest absolute Gasteiger partial charge is 0.418 e. The number of thiocarbonyl (C=S) groups is 1. The van der Waals surface area contributed by atoms with Gasteiger partial charge in [0.25, 0.3) is 0 Å². The van der Waals surface area contributed by atoms with Crippen LogP contribution in [0, 0.1) is 0 Å². The fraction of sp³-hybridized carbons (Fsp3) is 0.600. The first-order chi connectivity index (χ1) is 13.8. The number of nitrogens with zero attached hydrogens (tertiary/aromatic N) is 2. The van der Waals surface area contributed by atoms with Crippen LogP contribution in [-0.2, 0) is 10.9 Å². The molecule has 29 heavy (non-hydrogen) atoms. The van der Waals surface area contributed by atoms with E-state index in [9.17, 15) is 18.0 Å². The van der Waals surface area contributed by atoms with Crippen molar-refractivity contribution < 1.29 is 22.7 Å². The van der Waals surface area contributed by atoms with Gasteiger partial charge in [-0.2, -0.15) is 13.2 Å². The fourth-order valence-corrected chi connectivity index (χ4v) is 4.25. The van der Waals surface area contributed by atoms with Crippen LogP contribution >= 0.6 is 12.2 Å². The lowest BCUT2D eigenvalue weighted by atomic mass is 10.0. The lowest BCUT2D eigenvalue weighted by Crippen LogP contribution is -2.50. The number of likely N-dealkylation sites (tertiary alicyclic amines) is 1. The number of unbranched alkanes of at least 4 members (excludes halogenated alkanes) is 1. The number of alkyl halides is 3. The van der Waals surface area contributed by atoms with Gasteiger partial charge in [0.05, 0.1) is 17.3 Å². The minimum absolute atomic E-state index is 0.0464. The first-order valence-corrected chi connectivity index (χ1v) is 10.4. The highest BCUT2D eigenvalue weighted by atomic mass is 32.1. The molecule has 1 unspecified atom stereocenters. The van der Waals surface area contributed by atoms with Crippen molar-refractivity contribution in [1.29, 1.82) is 0 Å². The van der Waals surface area contributed by atoms with E-state index in [0.717, 1.165) is 25.3 Å². The number of carbonyl (C=O) groups excluding carboxylic acids is 1. The van der Waals surface area contributed by atoms with E-state index in [1.54, 1.807) is 6.07 Å². The predicted molar refractivity (Wildman–Crippen MR) is 109 cm³/mol. The van der Waals surface area contributed by atoms with Crippen LogP contribution in [0.15, 0.2) is 24.3 Å². The average Bonchev–Trinajstić information content (AvgIpc) is 3.06. The summed E-state index contributed by atoms with van der Waals surface area (Å²) in [5.74, 6) is 0. The molecule has 3 rings (SSSR count). The maximum absolute atomic E-state index is 13.2. The number of piperidine rings is 1. The lowest BCUT2D eigenvalue weighted by molar-refractivity contribution is -0.136. The maximum atomic E-state index is 13.2. The second-order valence-electron chi connectivity index (χ2n) is 7.47. The fourth-order valence-electron chi connectivity index (χ4n) is 3.96. The summed E-state index contributed by atoms with van der Waals surface area (Å²) in [6, 6.07) is 5.50. The molecule has 1 amide bonds. The summed E-state index contributed by atoms with van der Waals surface area (Å²) >= 11 is 5.36. The molecule has 9 heteroatoms. The van der Waals surface area contributed by atoms with Crippen molar-refractivity contribution in [2.45, 2.75) is 57.3 Å². The first-order valence-electron chi connectivity index (χ1n) is 9.98. The molecular weight excluding hydrogens is 403 g/mol. The van der Waals surface area contributed by atoms with Crippen LogP contribution in [0.5, 0.6) is 0 Å². The second-order valence-corrected chi connectivity index (χ2v) is 7.86. The third kappa shape index (κ3) is 5.12. The molecule has 2 heterocycles. The second kappa shape index (κ2) is 9.19. The van der Waals surface area contributed by atoms with Crippen LogP contribution in [-0.4, -0.2) is 52.8 Å². The van der Waals surface area contributed by atoms with Gasteiger partial charge in [0.1, 0.15) is 6.61 Å². The van der Waals surface area contributed by atoms with E-state index in [4.69, 9.17) is 17.0 Å². The number of hydrogen-bond acceptors (Lipinski definition) is 3. The molecule has 160 valence electrons. The van der Waals surface area contributed by atoms with E-state index < -0.39 is 11.7 Å². The Morgan fingerprint density at radius 3 is 2.62 bits per heavy atom. The molecule has 2 saturated heterocycles. The molecule has 0 radical (unpaired) electrons. The standard InChI is InChI=1S/C20H26F3N3O2S/c1-2-3-6-15-13-28-19(27)26(15)14-9-11-25(12-10-14)18(29)24-17-8-5-4-7-16(17)20(21,22)23/h4-5,7-8,14-15H,2-3,6,9-13H2,1H3,(H,24,29). The Bertz CT molecular complexity index is 736. The summed E-state index contributed by atoms with van der Waals surface area (Å²) in [7, 11) is 0. The number of carbonyl (C=O) groups is 1. The van der Waals surface area contributed by atoms with Gasteiger partial charge < -0.3 is 15.0 Å². The molecule has 2 aliphatic heterocycles. The van der Waals surface area contributed by atoms with Crippen LogP contribution in [0.3, 0.4) is 0 Å². The van der Waals surface area contributed by atoms with Crippen molar-refractivity contribution in [3.63, 3.8) is 0 Å². The highest BCUT2D eigenvalue weighted by molar-refractivity contribution is 7.80. The van der Waals surface area contributed by atoms with Crippen molar-refractivity contribution in [1.82, 2.24) is 9.80 Å². The van der Waals surface area contributed by atoms with E-state index in [0.29, 0.717) is 32.5 Å². The van der Waals surface area contributed by atoms with Gasteiger partial charge in [0.15, 0.2) is 5.11 Å². The number of halogens is 3. The van der Waals surface area contributed by atoms with E-state index in [1.165, 1.54) is 12.1 Å². The van der Waals surface area contributed by atoms with Crippen molar-refractivity contribution in [3.05, 3.63) is 29.8 Å². The van der Waals surface area contributed by atoms with E-state index >= 15 is 0 Å². The molecule has 2 fully saturated rings. The minimum atomic E-state index is -4.45. The SMILES string of the molecule is CCCCC1COC(=O)N1C1CCN(C(=S)Nc2ccccc2C(F)(F)F)CC1. The summed E-state index contributed by atoms with van der Waals surface area (Å²) in [5, 5.41) is 3.02.